The van der Waals surface area contributed by atoms with Gasteiger partial charge in [-0.15, -0.1) is 0 Å². The number of aryl methyl sites for hydroxylation is 4. The maximum absolute atomic E-state index is 12.4. The highest BCUT2D eigenvalue weighted by Crippen LogP contribution is 2.34. The van der Waals surface area contributed by atoms with Crippen molar-refractivity contribution in [1.29, 1.82) is 0 Å². The van der Waals surface area contributed by atoms with E-state index in [1.807, 2.05) is 4.90 Å². The van der Waals surface area contributed by atoms with E-state index in [-0.39, 0.29) is 11.8 Å². The monoisotopic (exact) mass is 285 g/mol. The average Bonchev–Trinajstić information content (AvgIpc) is 2.95. The van der Waals surface area contributed by atoms with Crippen molar-refractivity contribution in [2.45, 2.75) is 40.0 Å². The summed E-state index contributed by atoms with van der Waals surface area (Å²) in [7, 11) is 0. The maximum atomic E-state index is 12.4. The van der Waals surface area contributed by atoms with E-state index in [9.17, 15) is 4.79 Å². The topological polar surface area (TPSA) is 59.2 Å². The van der Waals surface area contributed by atoms with E-state index >= 15 is 0 Å². The van der Waals surface area contributed by atoms with Gasteiger partial charge in [0.05, 0.1) is 0 Å². The van der Waals surface area contributed by atoms with Gasteiger partial charge in [-0.1, -0.05) is 22.9 Å². The zero-order valence-electron chi connectivity index (χ0n) is 12.8. The Labute approximate surface area is 124 Å². The normalized spacial score (nSPS) is 18.6. The minimum atomic E-state index is 0.00931. The third kappa shape index (κ3) is 2.44. The third-order valence-corrected chi connectivity index (χ3v) is 3.94. The Morgan fingerprint density at radius 3 is 2.43 bits per heavy atom. The Morgan fingerprint density at radius 2 is 1.86 bits per heavy atom. The fraction of sp³-hybridized carbons (Fsp3) is 0.438. The summed E-state index contributed by atoms with van der Waals surface area (Å²) in [5.74, 6) is 1.30. The number of hydrogen-bond acceptors (Lipinski definition) is 4. The SMILES string of the molecule is Cc1cc(C)c(N2CC(c3noc(C)n3)CC2=O)c(C)c1. The van der Waals surface area contributed by atoms with Crippen LogP contribution in [0.5, 0.6) is 0 Å². The second kappa shape index (κ2) is 4.98. The quantitative estimate of drug-likeness (QED) is 0.851. The molecule has 1 saturated heterocycles. The third-order valence-electron chi connectivity index (χ3n) is 3.94. The molecule has 1 unspecified atom stereocenters. The van der Waals surface area contributed by atoms with Crippen molar-refractivity contribution in [3.8, 4) is 0 Å². The maximum Gasteiger partial charge on any atom is 0.227 e. The van der Waals surface area contributed by atoms with Gasteiger partial charge < -0.3 is 9.42 Å². The Hall–Kier alpha value is -2.17. The van der Waals surface area contributed by atoms with Crippen molar-refractivity contribution in [1.82, 2.24) is 10.1 Å². The van der Waals surface area contributed by atoms with Crippen LogP contribution in [0, 0.1) is 27.7 Å². The lowest BCUT2D eigenvalue weighted by molar-refractivity contribution is -0.117. The number of anilines is 1. The second-order valence-corrected chi connectivity index (χ2v) is 5.82. The van der Waals surface area contributed by atoms with Crippen LogP contribution in [0.3, 0.4) is 0 Å². The number of benzene rings is 1. The number of hydrogen-bond donors (Lipinski definition) is 0. The van der Waals surface area contributed by atoms with Crippen molar-refractivity contribution in [3.63, 3.8) is 0 Å². The van der Waals surface area contributed by atoms with Gasteiger partial charge in [0.15, 0.2) is 5.82 Å². The van der Waals surface area contributed by atoms with E-state index in [1.54, 1.807) is 6.92 Å². The van der Waals surface area contributed by atoms with Gasteiger partial charge in [0.25, 0.3) is 0 Å². The van der Waals surface area contributed by atoms with E-state index in [0.717, 1.165) is 16.8 Å². The fourth-order valence-corrected chi connectivity index (χ4v) is 3.18. The van der Waals surface area contributed by atoms with Crippen LogP contribution in [0.1, 0.15) is 40.7 Å². The van der Waals surface area contributed by atoms with Gasteiger partial charge >= 0.3 is 0 Å². The molecular weight excluding hydrogens is 266 g/mol. The Balaban J connectivity index is 1.92. The van der Waals surface area contributed by atoms with Crippen LogP contribution < -0.4 is 4.90 Å². The van der Waals surface area contributed by atoms with Gasteiger partial charge in [-0.3, -0.25) is 4.79 Å². The molecule has 1 amide bonds. The molecule has 5 heteroatoms. The van der Waals surface area contributed by atoms with Gasteiger partial charge in [0, 0.05) is 31.5 Å². The molecule has 0 bridgehead atoms. The lowest BCUT2D eigenvalue weighted by Crippen LogP contribution is -2.26. The summed E-state index contributed by atoms with van der Waals surface area (Å²) in [6.45, 7) is 8.55. The van der Waals surface area contributed by atoms with Crippen molar-refractivity contribution >= 4 is 11.6 Å². The summed E-state index contributed by atoms with van der Waals surface area (Å²) in [5.41, 5.74) is 4.50. The zero-order valence-corrected chi connectivity index (χ0v) is 12.8. The summed E-state index contributed by atoms with van der Waals surface area (Å²) in [6.07, 6.45) is 0.436. The van der Waals surface area contributed by atoms with Crippen LogP contribution in [0.4, 0.5) is 5.69 Å². The molecule has 110 valence electrons. The average molecular weight is 285 g/mol. The Bertz CT molecular complexity index is 682. The molecule has 0 spiro atoms. The Morgan fingerprint density at radius 1 is 1.19 bits per heavy atom. The van der Waals surface area contributed by atoms with Crippen LogP contribution in [0.15, 0.2) is 16.7 Å². The summed E-state index contributed by atoms with van der Waals surface area (Å²) >= 11 is 0. The fourth-order valence-electron chi connectivity index (χ4n) is 3.18. The molecule has 1 aromatic carbocycles. The number of carbonyl (C=O) groups excluding carboxylic acids is 1. The first-order valence-corrected chi connectivity index (χ1v) is 7.14. The van der Waals surface area contributed by atoms with Gasteiger partial charge in [-0.25, -0.2) is 0 Å². The van der Waals surface area contributed by atoms with Crippen molar-refractivity contribution in [2.24, 2.45) is 0 Å². The van der Waals surface area contributed by atoms with Gasteiger partial charge in [0.2, 0.25) is 11.8 Å². The molecule has 2 aromatic rings. The molecule has 1 aliphatic rings. The first-order chi connectivity index (χ1) is 9.95. The molecule has 0 aliphatic carbocycles. The van der Waals surface area contributed by atoms with Crippen LogP contribution in [-0.4, -0.2) is 22.6 Å². The van der Waals surface area contributed by atoms with Crippen LogP contribution >= 0.6 is 0 Å². The Kier molecular flexibility index (Phi) is 3.27. The summed E-state index contributed by atoms with van der Waals surface area (Å²) < 4.78 is 5.03. The lowest BCUT2D eigenvalue weighted by Gasteiger charge is -2.22. The molecule has 0 radical (unpaired) electrons. The van der Waals surface area contributed by atoms with Crippen LogP contribution in [0.2, 0.25) is 0 Å². The van der Waals surface area contributed by atoms with Gasteiger partial charge in [-0.05, 0) is 31.9 Å². The van der Waals surface area contributed by atoms with Crippen molar-refractivity contribution in [3.05, 3.63) is 40.5 Å². The summed E-state index contributed by atoms with van der Waals surface area (Å²) in [5, 5.41) is 3.95. The first kappa shape index (κ1) is 13.8. The summed E-state index contributed by atoms with van der Waals surface area (Å²) in [6, 6.07) is 4.23. The molecule has 1 atom stereocenters. The van der Waals surface area contributed by atoms with E-state index < -0.39 is 0 Å². The van der Waals surface area contributed by atoms with Gasteiger partial charge in [-0.2, -0.15) is 4.98 Å². The smallest absolute Gasteiger partial charge is 0.227 e. The molecule has 1 fully saturated rings. The van der Waals surface area contributed by atoms with E-state index in [2.05, 4.69) is 43.0 Å². The van der Waals surface area contributed by atoms with E-state index in [0.29, 0.717) is 24.7 Å². The molecule has 3 rings (SSSR count). The lowest BCUT2D eigenvalue weighted by atomic mass is 10.0. The standard InChI is InChI=1S/C16H19N3O2/c1-9-5-10(2)15(11(3)6-9)19-8-13(7-14(19)20)16-17-12(4)21-18-16/h5-6,13H,7-8H2,1-4H3. The highest BCUT2D eigenvalue weighted by Gasteiger charge is 2.35. The van der Waals surface area contributed by atoms with Crippen LogP contribution in [-0.2, 0) is 4.79 Å². The minimum absolute atomic E-state index is 0.00931. The number of carbonyl (C=O) groups is 1. The van der Waals surface area contributed by atoms with E-state index in [1.165, 1.54) is 5.56 Å². The minimum Gasteiger partial charge on any atom is -0.340 e. The summed E-state index contributed by atoms with van der Waals surface area (Å²) in [4.78, 5) is 18.5. The molecule has 21 heavy (non-hydrogen) atoms. The predicted octanol–water partition coefficient (Wildman–Crippen LogP) is 2.82. The number of aromatic nitrogens is 2. The largest absolute Gasteiger partial charge is 0.340 e. The number of rotatable bonds is 2. The van der Waals surface area contributed by atoms with E-state index in [4.69, 9.17) is 4.52 Å². The molecule has 1 aliphatic heterocycles. The molecule has 2 heterocycles. The van der Waals surface area contributed by atoms with Crippen molar-refractivity contribution < 1.29 is 9.32 Å². The predicted molar refractivity (Wildman–Crippen MR) is 79.4 cm³/mol. The molecule has 1 aromatic heterocycles. The first-order valence-electron chi connectivity index (χ1n) is 7.14. The van der Waals surface area contributed by atoms with Crippen molar-refractivity contribution in [2.75, 3.05) is 11.4 Å². The molecule has 5 nitrogen and oxygen atoms in total. The van der Waals surface area contributed by atoms with Crippen LogP contribution in [0.25, 0.3) is 0 Å². The highest BCUT2D eigenvalue weighted by molar-refractivity contribution is 5.97. The highest BCUT2D eigenvalue weighted by atomic mass is 16.5. The zero-order chi connectivity index (χ0) is 15.1. The molecule has 0 N–H and O–H groups in total. The molecular formula is C16H19N3O2. The molecule has 0 saturated carbocycles. The second-order valence-electron chi connectivity index (χ2n) is 5.82. The number of nitrogens with zero attached hydrogens (tertiary/aromatic N) is 3. The number of amides is 1. The van der Waals surface area contributed by atoms with Gasteiger partial charge in [0.1, 0.15) is 0 Å².